The second kappa shape index (κ2) is 10.3. The first-order chi connectivity index (χ1) is 17.9. The monoisotopic (exact) mass is 533 g/mol. The summed E-state index contributed by atoms with van der Waals surface area (Å²) in [6.45, 7) is 7.93. The minimum Gasteiger partial charge on any atom is -0.494 e. The minimum atomic E-state index is -3.61. The molecule has 4 aromatic rings. The summed E-state index contributed by atoms with van der Waals surface area (Å²) in [5.74, 6) is -0.287. The molecule has 2 heterocycles. The van der Waals surface area contributed by atoms with Gasteiger partial charge < -0.3 is 14.6 Å². The van der Waals surface area contributed by atoms with Gasteiger partial charge in [0.1, 0.15) is 0 Å². The first-order valence-electron chi connectivity index (χ1n) is 11.9. The summed E-state index contributed by atoms with van der Waals surface area (Å²) < 4.78 is 33.9. The molecule has 0 saturated carbocycles. The quantitative estimate of drug-likeness (QED) is 0.339. The van der Waals surface area contributed by atoms with Gasteiger partial charge in [0.25, 0.3) is 5.91 Å². The van der Waals surface area contributed by atoms with Crippen LogP contribution in [0.4, 0.5) is 11.4 Å². The Morgan fingerprint density at radius 3 is 2.50 bits per heavy atom. The SMILES string of the molecule is COc1c(NS(C)(=O)=O)cc(C(C)(C)C)cc1C(=O)Nc1ccc(C)c(-n2cnc(-c3cccnc3)c2)c1. The smallest absolute Gasteiger partial charge is 0.259 e. The molecule has 9 nitrogen and oxygen atoms in total. The van der Waals surface area contributed by atoms with Crippen LogP contribution >= 0.6 is 0 Å². The second-order valence-electron chi connectivity index (χ2n) is 10.1. The molecule has 2 aromatic carbocycles. The van der Waals surface area contributed by atoms with Crippen LogP contribution in [0, 0.1) is 6.92 Å². The summed E-state index contributed by atoms with van der Waals surface area (Å²) in [6, 6.07) is 12.8. The highest BCUT2D eigenvalue weighted by Crippen LogP contribution is 2.36. The molecule has 198 valence electrons. The van der Waals surface area contributed by atoms with Crippen molar-refractivity contribution < 1.29 is 17.9 Å². The standard InChI is InChI=1S/C28H31N5O4S/c1-18-9-10-21(14-25(18)33-16-24(30-17-33)19-8-7-11-29-15-19)31-27(34)22-12-20(28(2,3)4)13-23(26(22)37-5)32-38(6,35)36/h7-17,32H,1-6H3,(H,31,34). The predicted molar refractivity (Wildman–Crippen MR) is 150 cm³/mol. The third-order valence-electron chi connectivity index (χ3n) is 5.98. The average molecular weight is 534 g/mol. The lowest BCUT2D eigenvalue weighted by molar-refractivity contribution is 0.102. The fourth-order valence-electron chi connectivity index (χ4n) is 4.01. The van der Waals surface area contributed by atoms with E-state index in [2.05, 4.69) is 20.0 Å². The van der Waals surface area contributed by atoms with E-state index in [1.807, 2.05) is 68.8 Å². The summed E-state index contributed by atoms with van der Waals surface area (Å²) in [5, 5.41) is 2.94. The van der Waals surface area contributed by atoms with Crippen molar-refractivity contribution >= 4 is 27.3 Å². The van der Waals surface area contributed by atoms with E-state index in [-0.39, 0.29) is 22.4 Å². The number of hydrogen-bond acceptors (Lipinski definition) is 6. The van der Waals surface area contributed by atoms with Crippen LogP contribution in [0.1, 0.15) is 42.3 Å². The predicted octanol–water partition coefficient (Wildman–Crippen LogP) is 5.17. The maximum absolute atomic E-state index is 13.5. The summed E-state index contributed by atoms with van der Waals surface area (Å²) in [4.78, 5) is 22.2. The number of pyridine rings is 1. The Morgan fingerprint density at radius 1 is 1.11 bits per heavy atom. The van der Waals surface area contributed by atoms with Gasteiger partial charge in [-0.3, -0.25) is 14.5 Å². The Labute approximate surface area is 223 Å². The molecule has 0 aliphatic heterocycles. The Kier molecular flexibility index (Phi) is 7.28. The van der Waals surface area contributed by atoms with Gasteiger partial charge in [-0.2, -0.15) is 0 Å². The molecule has 0 fully saturated rings. The van der Waals surface area contributed by atoms with Gasteiger partial charge in [-0.1, -0.05) is 26.8 Å². The summed E-state index contributed by atoms with van der Waals surface area (Å²) in [5.41, 5.74) is 4.94. The Bertz CT molecular complexity index is 1590. The molecule has 0 radical (unpaired) electrons. The van der Waals surface area contributed by atoms with Gasteiger partial charge in [0, 0.05) is 29.8 Å². The number of aromatic nitrogens is 3. The molecule has 10 heteroatoms. The molecule has 0 aliphatic carbocycles. The topological polar surface area (TPSA) is 115 Å². The number of aryl methyl sites for hydroxylation is 1. The fraction of sp³-hybridized carbons (Fsp3) is 0.250. The van der Waals surface area contributed by atoms with Crippen molar-refractivity contribution in [1.82, 2.24) is 14.5 Å². The number of benzene rings is 2. The van der Waals surface area contributed by atoms with E-state index in [9.17, 15) is 13.2 Å². The molecule has 1 amide bonds. The van der Waals surface area contributed by atoms with E-state index in [4.69, 9.17) is 4.74 Å². The van der Waals surface area contributed by atoms with Crippen molar-refractivity contribution in [1.29, 1.82) is 0 Å². The molecule has 0 spiro atoms. The number of methoxy groups -OCH3 is 1. The van der Waals surface area contributed by atoms with E-state index in [1.165, 1.54) is 7.11 Å². The van der Waals surface area contributed by atoms with Gasteiger partial charge in [-0.15, -0.1) is 0 Å². The van der Waals surface area contributed by atoms with Crippen LogP contribution in [-0.2, 0) is 15.4 Å². The molecule has 2 N–H and O–H groups in total. The Hall–Kier alpha value is -4.18. The van der Waals surface area contributed by atoms with Gasteiger partial charge in [0.2, 0.25) is 10.0 Å². The van der Waals surface area contributed by atoms with Crippen LogP contribution in [-0.4, -0.2) is 42.2 Å². The zero-order valence-electron chi connectivity index (χ0n) is 22.2. The fourth-order valence-corrected chi connectivity index (χ4v) is 4.56. The van der Waals surface area contributed by atoms with Gasteiger partial charge in [-0.25, -0.2) is 13.4 Å². The zero-order chi connectivity index (χ0) is 27.7. The van der Waals surface area contributed by atoms with Gasteiger partial charge in [0.15, 0.2) is 5.75 Å². The third kappa shape index (κ3) is 6.03. The minimum absolute atomic E-state index is 0.143. The van der Waals surface area contributed by atoms with Crippen molar-refractivity contribution in [3.8, 4) is 22.7 Å². The molecule has 0 atom stereocenters. The van der Waals surface area contributed by atoms with Crippen LogP contribution in [0.15, 0.2) is 67.4 Å². The Balaban J connectivity index is 1.70. The first-order valence-corrected chi connectivity index (χ1v) is 13.8. The molecule has 0 saturated heterocycles. The highest BCUT2D eigenvalue weighted by molar-refractivity contribution is 7.92. The van der Waals surface area contributed by atoms with E-state index in [1.54, 1.807) is 30.9 Å². The highest BCUT2D eigenvalue weighted by Gasteiger charge is 2.24. The number of sulfonamides is 1. The van der Waals surface area contributed by atoms with Gasteiger partial charge >= 0.3 is 0 Å². The molecule has 0 unspecified atom stereocenters. The number of nitrogens with one attached hydrogen (secondary N) is 2. The van der Waals surface area contributed by atoms with Crippen molar-refractivity contribution in [2.45, 2.75) is 33.1 Å². The number of anilines is 2. The number of ether oxygens (including phenoxy) is 1. The number of carbonyl (C=O) groups excluding carboxylic acids is 1. The van der Waals surface area contributed by atoms with E-state index < -0.39 is 15.9 Å². The van der Waals surface area contributed by atoms with Gasteiger partial charge in [0.05, 0.1) is 42.3 Å². The summed E-state index contributed by atoms with van der Waals surface area (Å²) in [6.07, 6.45) is 8.14. The number of amides is 1. The lowest BCUT2D eigenvalue weighted by Crippen LogP contribution is -2.19. The average Bonchev–Trinajstić information content (AvgIpc) is 3.34. The van der Waals surface area contributed by atoms with Crippen LogP contribution in [0.3, 0.4) is 0 Å². The lowest BCUT2D eigenvalue weighted by Gasteiger charge is -2.23. The second-order valence-corrected chi connectivity index (χ2v) is 11.8. The largest absolute Gasteiger partial charge is 0.494 e. The summed E-state index contributed by atoms with van der Waals surface area (Å²) in [7, 11) is -2.20. The molecule has 0 aliphatic rings. The number of hydrogen-bond donors (Lipinski definition) is 2. The molecular weight excluding hydrogens is 502 g/mol. The maximum Gasteiger partial charge on any atom is 0.259 e. The van der Waals surface area contributed by atoms with Crippen molar-refractivity contribution in [3.05, 3.63) is 84.1 Å². The molecule has 4 rings (SSSR count). The third-order valence-corrected chi connectivity index (χ3v) is 6.57. The molecule has 0 bridgehead atoms. The van der Waals surface area contributed by atoms with Crippen molar-refractivity contribution in [3.63, 3.8) is 0 Å². The highest BCUT2D eigenvalue weighted by atomic mass is 32.2. The number of carbonyl (C=O) groups is 1. The number of imidazole rings is 1. The van der Waals surface area contributed by atoms with E-state index in [0.717, 1.165) is 34.3 Å². The van der Waals surface area contributed by atoms with Crippen LogP contribution in [0.5, 0.6) is 5.75 Å². The van der Waals surface area contributed by atoms with E-state index >= 15 is 0 Å². The van der Waals surface area contributed by atoms with Gasteiger partial charge in [-0.05, 0) is 59.9 Å². The molecule has 2 aromatic heterocycles. The lowest BCUT2D eigenvalue weighted by atomic mass is 9.85. The maximum atomic E-state index is 13.5. The number of nitrogens with zero attached hydrogens (tertiary/aromatic N) is 3. The first kappa shape index (κ1) is 26.9. The normalized spacial score (nSPS) is 11.7. The number of rotatable bonds is 7. The van der Waals surface area contributed by atoms with Crippen molar-refractivity contribution in [2.75, 3.05) is 23.4 Å². The van der Waals surface area contributed by atoms with Crippen LogP contribution in [0.25, 0.3) is 16.9 Å². The summed E-state index contributed by atoms with van der Waals surface area (Å²) >= 11 is 0. The molecule has 38 heavy (non-hydrogen) atoms. The Morgan fingerprint density at radius 2 is 1.87 bits per heavy atom. The van der Waals surface area contributed by atoms with Crippen LogP contribution < -0.4 is 14.8 Å². The molecular formula is C28H31N5O4S. The van der Waals surface area contributed by atoms with Crippen LogP contribution in [0.2, 0.25) is 0 Å². The zero-order valence-corrected chi connectivity index (χ0v) is 23.1. The van der Waals surface area contributed by atoms with Crippen molar-refractivity contribution in [2.24, 2.45) is 0 Å². The van der Waals surface area contributed by atoms with E-state index in [0.29, 0.717) is 5.69 Å².